The molecule has 0 unspecified atom stereocenters. The van der Waals surface area contributed by atoms with Gasteiger partial charge in [-0.15, -0.1) is 0 Å². The van der Waals surface area contributed by atoms with Gasteiger partial charge in [0.05, 0.1) is 28.8 Å². The molecule has 0 aromatic heterocycles. The summed E-state index contributed by atoms with van der Waals surface area (Å²) in [6, 6.07) is 11.6. The number of carbonyl (C=O) groups is 1. The smallest absolute Gasteiger partial charge is 0.243 e. The van der Waals surface area contributed by atoms with Gasteiger partial charge in [0, 0.05) is 25.2 Å². The molecular formula is C23H30ClN3O4S. The Kier molecular flexibility index (Phi) is 8.16. The second-order valence-electron chi connectivity index (χ2n) is 8.00. The van der Waals surface area contributed by atoms with Gasteiger partial charge < -0.3 is 10.1 Å². The first kappa shape index (κ1) is 24.5. The molecule has 1 heterocycles. The summed E-state index contributed by atoms with van der Waals surface area (Å²) in [5.74, 6) is 0.474. The highest BCUT2D eigenvalue weighted by molar-refractivity contribution is 7.89. The molecule has 32 heavy (non-hydrogen) atoms. The number of ether oxygens (including phenoxy) is 1. The van der Waals surface area contributed by atoms with E-state index in [-0.39, 0.29) is 21.5 Å². The van der Waals surface area contributed by atoms with Crippen molar-refractivity contribution in [1.29, 1.82) is 0 Å². The van der Waals surface area contributed by atoms with Gasteiger partial charge in [-0.3, -0.25) is 9.69 Å². The summed E-state index contributed by atoms with van der Waals surface area (Å²) >= 11 is 6.28. The molecule has 0 bridgehead atoms. The first-order chi connectivity index (χ1) is 15.2. The minimum absolute atomic E-state index is 0.133. The molecule has 2 aromatic carbocycles. The molecule has 1 fully saturated rings. The average molecular weight is 480 g/mol. The molecule has 174 valence electrons. The van der Waals surface area contributed by atoms with E-state index >= 15 is 0 Å². The Morgan fingerprint density at radius 3 is 2.56 bits per heavy atom. The van der Waals surface area contributed by atoms with E-state index in [0.29, 0.717) is 19.6 Å². The van der Waals surface area contributed by atoms with E-state index in [9.17, 15) is 13.2 Å². The van der Waals surface area contributed by atoms with Crippen LogP contribution in [0.3, 0.4) is 0 Å². The van der Waals surface area contributed by atoms with Crippen molar-refractivity contribution >= 4 is 33.2 Å². The molecule has 7 nitrogen and oxygen atoms in total. The number of rotatable bonds is 8. The van der Waals surface area contributed by atoms with Crippen LogP contribution in [0.25, 0.3) is 0 Å². The number of sulfonamides is 1. The third kappa shape index (κ3) is 5.61. The summed E-state index contributed by atoms with van der Waals surface area (Å²) in [5.41, 5.74) is 1.25. The highest BCUT2D eigenvalue weighted by Crippen LogP contribution is 2.29. The second-order valence-corrected chi connectivity index (χ2v) is 10.3. The standard InChI is InChI=1S/C23H30ClN3O4S/c1-17(26(2)16-18-9-5-6-10-22(18)31-3)23(28)25-21-15-19(11-12-20(21)24)32(29,30)27-13-7-4-8-14-27/h5-6,9-12,15,17H,4,7-8,13-14,16H2,1-3H3,(H,25,28)/t17-/m0/s1. The number of nitrogens with zero attached hydrogens (tertiary/aromatic N) is 2. The van der Waals surface area contributed by atoms with Gasteiger partial charge in [-0.05, 0) is 51.1 Å². The van der Waals surface area contributed by atoms with Gasteiger partial charge in [0.1, 0.15) is 5.75 Å². The van der Waals surface area contributed by atoms with Crippen LogP contribution in [0.4, 0.5) is 5.69 Å². The number of piperidine rings is 1. The Hall–Kier alpha value is -2.13. The average Bonchev–Trinajstić information content (AvgIpc) is 2.80. The zero-order valence-corrected chi connectivity index (χ0v) is 20.2. The van der Waals surface area contributed by atoms with Gasteiger partial charge >= 0.3 is 0 Å². The summed E-state index contributed by atoms with van der Waals surface area (Å²) in [5, 5.41) is 3.08. The van der Waals surface area contributed by atoms with E-state index in [2.05, 4.69) is 5.32 Å². The van der Waals surface area contributed by atoms with Crippen LogP contribution in [0, 0.1) is 0 Å². The Morgan fingerprint density at radius 2 is 1.88 bits per heavy atom. The molecule has 1 aliphatic heterocycles. The maximum absolute atomic E-state index is 13.0. The third-order valence-corrected chi connectivity index (χ3v) is 8.03. The minimum atomic E-state index is -3.62. The molecule has 0 spiro atoms. The van der Waals surface area contributed by atoms with Crippen LogP contribution in [0.15, 0.2) is 47.4 Å². The molecule has 1 amide bonds. The van der Waals surface area contributed by atoms with Gasteiger partial charge in [0.25, 0.3) is 0 Å². The molecule has 1 saturated heterocycles. The zero-order valence-electron chi connectivity index (χ0n) is 18.7. The van der Waals surface area contributed by atoms with Gasteiger partial charge in [-0.1, -0.05) is 36.2 Å². The molecule has 0 aliphatic carbocycles. The van der Waals surface area contributed by atoms with E-state index in [1.165, 1.54) is 22.5 Å². The fourth-order valence-corrected chi connectivity index (χ4v) is 5.40. The SMILES string of the molecule is COc1ccccc1CN(C)[C@@H](C)C(=O)Nc1cc(S(=O)(=O)N2CCCCC2)ccc1Cl. The summed E-state index contributed by atoms with van der Waals surface area (Å²) in [6.07, 6.45) is 2.74. The summed E-state index contributed by atoms with van der Waals surface area (Å²) in [6.45, 7) is 3.32. The van der Waals surface area contributed by atoms with Gasteiger partial charge in [-0.25, -0.2) is 8.42 Å². The van der Waals surface area contributed by atoms with Crippen molar-refractivity contribution in [2.45, 2.75) is 43.7 Å². The van der Waals surface area contributed by atoms with Crippen LogP contribution in [0.1, 0.15) is 31.7 Å². The van der Waals surface area contributed by atoms with Crippen molar-refractivity contribution in [3.05, 3.63) is 53.1 Å². The van der Waals surface area contributed by atoms with Gasteiger partial charge in [0.2, 0.25) is 15.9 Å². The number of anilines is 1. The fourth-order valence-electron chi connectivity index (χ4n) is 3.69. The number of hydrogen-bond acceptors (Lipinski definition) is 5. The predicted molar refractivity (Wildman–Crippen MR) is 127 cm³/mol. The number of nitrogens with one attached hydrogen (secondary N) is 1. The number of halogens is 1. The summed E-state index contributed by atoms with van der Waals surface area (Å²) in [4.78, 5) is 14.9. The lowest BCUT2D eigenvalue weighted by Gasteiger charge is -2.26. The van der Waals surface area contributed by atoms with Crippen molar-refractivity contribution < 1.29 is 17.9 Å². The summed E-state index contributed by atoms with van der Waals surface area (Å²) in [7, 11) is -0.167. The maximum Gasteiger partial charge on any atom is 0.243 e. The molecular weight excluding hydrogens is 450 g/mol. The number of carbonyl (C=O) groups excluding carboxylic acids is 1. The number of hydrogen-bond donors (Lipinski definition) is 1. The second kappa shape index (κ2) is 10.7. The van der Waals surface area contributed by atoms with Crippen molar-refractivity contribution in [1.82, 2.24) is 9.21 Å². The molecule has 1 aliphatic rings. The van der Waals surface area contributed by atoms with Crippen molar-refractivity contribution in [3.63, 3.8) is 0 Å². The molecule has 1 N–H and O–H groups in total. The first-order valence-electron chi connectivity index (χ1n) is 10.7. The van der Waals surface area contributed by atoms with Crippen LogP contribution in [-0.2, 0) is 21.4 Å². The van der Waals surface area contributed by atoms with Gasteiger partial charge in [-0.2, -0.15) is 4.31 Å². The highest BCUT2D eigenvalue weighted by atomic mass is 35.5. The van der Waals surface area contributed by atoms with Crippen LogP contribution in [-0.4, -0.2) is 56.8 Å². The maximum atomic E-state index is 13.0. The molecule has 1 atom stereocenters. The largest absolute Gasteiger partial charge is 0.496 e. The van der Waals surface area contributed by atoms with Crippen molar-refractivity contribution in [2.24, 2.45) is 0 Å². The van der Waals surface area contributed by atoms with Gasteiger partial charge in [0.15, 0.2) is 0 Å². The van der Waals surface area contributed by atoms with E-state index < -0.39 is 16.1 Å². The van der Waals surface area contributed by atoms with Crippen LogP contribution < -0.4 is 10.1 Å². The molecule has 0 radical (unpaired) electrons. The van der Waals surface area contributed by atoms with E-state index in [1.54, 1.807) is 14.0 Å². The van der Waals surface area contributed by atoms with E-state index in [1.807, 2.05) is 36.2 Å². The fraction of sp³-hybridized carbons (Fsp3) is 0.435. The normalized spacial score (nSPS) is 16.0. The number of benzene rings is 2. The lowest BCUT2D eigenvalue weighted by Crippen LogP contribution is -2.39. The van der Waals surface area contributed by atoms with Crippen molar-refractivity contribution in [2.75, 3.05) is 32.6 Å². The Balaban J connectivity index is 1.73. The lowest BCUT2D eigenvalue weighted by atomic mass is 10.1. The first-order valence-corrected chi connectivity index (χ1v) is 12.5. The number of likely N-dealkylation sites (N-methyl/N-ethyl adjacent to an activating group) is 1. The zero-order chi connectivity index (χ0) is 23.3. The number of methoxy groups -OCH3 is 1. The monoisotopic (exact) mass is 479 g/mol. The Labute approximate surface area is 195 Å². The predicted octanol–water partition coefficient (Wildman–Crippen LogP) is 3.98. The third-order valence-electron chi connectivity index (χ3n) is 5.80. The minimum Gasteiger partial charge on any atom is -0.496 e. The number of amides is 1. The Morgan fingerprint density at radius 1 is 1.19 bits per heavy atom. The lowest BCUT2D eigenvalue weighted by molar-refractivity contribution is -0.120. The molecule has 3 rings (SSSR count). The molecule has 0 saturated carbocycles. The summed E-state index contributed by atoms with van der Waals surface area (Å²) < 4.78 is 32.9. The quantitative estimate of drug-likeness (QED) is 0.619. The highest BCUT2D eigenvalue weighted by Gasteiger charge is 2.27. The number of para-hydroxylation sites is 1. The molecule has 2 aromatic rings. The van der Waals surface area contributed by atoms with Crippen LogP contribution in [0.2, 0.25) is 5.02 Å². The Bertz CT molecular complexity index is 1050. The van der Waals surface area contributed by atoms with Crippen molar-refractivity contribution in [3.8, 4) is 5.75 Å². The van der Waals surface area contributed by atoms with E-state index in [4.69, 9.17) is 16.3 Å². The molecule has 9 heteroatoms. The van der Waals surface area contributed by atoms with E-state index in [0.717, 1.165) is 30.6 Å². The van der Waals surface area contributed by atoms with Crippen LogP contribution in [0.5, 0.6) is 5.75 Å². The van der Waals surface area contributed by atoms with Crippen LogP contribution >= 0.6 is 11.6 Å². The topological polar surface area (TPSA) is 79.0 Å².